The monoisotopic (exact) mass is 432 g/mol. The van der Waals surface area contributed by atoms with E-state index in [-0.39, 0.29) is 5.91 Å². The van der Waals surface area contributed by atoms with Gasteiger partial charge < -0.3 is 14.7 Å². The number of piperazine rings is 1. The van der Waals surface area contributed by atoms with Crippen LogP contribution in [0, 0.1) is 17.3 Å². The molecule has 0 radical (unpaired) electrons. The van der Waals surface area contributed by atoms with Gasteiger partial charge in [0.1, 0.15) is 0 Å². The molecule has 3 aliphatic heterocycles. The third-order valence-corrected chi connectivity index (χ3v) is 8.97. The van der Waals surface area contributed by atoms with Crippen LogP contribution in [0.1, 0.15) is 65.2 Å². The largest absolute Gasteiger partial charge is 0.343 e. The zero-order valence-electron chi connectivity index (χ0n) is 20.0. The molecule has 3 saturated heterocycles. The summed E-state index contributed by atoms with van der Waals surface area (Å²) in [7, 11) is 0. The first kappa shape index (κ1) is 23.0. The van der Waals surface area contributed by atoms with Crippen molar-refractivity contribution in [2.24, 2.45) is 17.3 Å². The minimum atomic E-state index is 0.238. The lowest BCUT2D eigenvalue weighted by molar-refractivity contribution is -0.138. The van der Waals surface area contributed by atoms with Crippen LogP contribution in [-0.4, -0.2) is 96.9 Å². The van der Waals surface area contributed by atoms with Gasteiger partial charge in [-0.15, -0.1) is 0 Å². The molecule has 176 valence electrons. The lowest BCUT2D eigenvalue weighted by Gasteiger charge is -2.47. The third kappa shape index (κ3) is 5.81. The van der Waals surface area contributed by atoms with Crippen LogP contribution in [0.2, 0.25) is 0 Å². The van der Waals surface area contributed by atoms with Gasteiger partial charge in [-0.1, -0.05) is 6.92 Å². The van der Waals surface area contributed by atoms with Crippen LogP contribution in [0.25, 0.3) is 0 Å². The molecule has 6 nitrogen and oxygen atoms in total. The molecule has 0 aromatic carbocycles. The molecule has 0 N–H and O–H groups in total. The predicted octanol–water partition coefficient (Wildman–Crippen LogP) is 2.68. The van der Waals surface area contributed by atoms with Crippen molar-refractivity contribution in [3.8, 4) is 0 Å². The van der Waals surface area contributed by atoms with E-state index in [0.29, 0.717) is 17.2 Å². The highest BCUT2D eigenvalue weighted by Crippen LogP contribution is 2.41. The Labute approximate surface area is 189 Å². The van der Waals surface area contributed by atoms with Gasteiger partial charge in [0.05, 0.1) is 0 Å². The SMILES string of the molecule is CC(=O)N1CCC2(CCN(CCN3CCN(C(=O)[C@H]4CC[C@H](C)CC4)CC3)CC2)CC1. The molecule has 4 fully saturated rings. The quantitative estimate of drug-likeness (QED) is 0.685. The number of hydrogen-bond acceptors (Lipinski definition) is 4. The second kappa shape index (κ2) is 10.2. The average Bonchev–Trinajstić information content (AvgIpc) is 2.79. The van der Waals surface area contributed by atoms with Gasteiger partial charge in [0.25, 0.3) is 0 Å². The number of hydrogen-bond donors (Lipinski definition) is 0. The van der Waals surface area contributed by atoms with E-state index < -0.39 is 0 Å². The minimum absolute atomic E-state index is 0.238. The highest BCUT2D eigenvalue weighted by molar-refractivity contribution is 5.79. The predicted molar refractivity (Wildman–Crippen MR) is 124 cm³/mol. The molecule has 6 heteroatoms. The van der Waals surface area contributed by atoms with Crippen molar-refractivity contribution in [3.63, 3.8) is 0 Å². The normalized spacial score (nSPS) is 30.5. The molecule has 0 atom stereocenters. The molecule has 3 heterocycles. The van der Waals surface area contributed by atoms with Crippen molar-refractivity contribution in [3.05, 3.63) is 0 Å². The molecule has 1 spiro atoms. The van der Waals surface area contributed by atoms with E-state index in [1.54, 1.807) is 6.92 Å². The fourth-order valence-corrected chi connectivity index (χ4v) is 6.29. The van der Waals surface area contributed by atoms with E-state index in [0.717, 1.165) is 71.1 Å². The molecule has 4 aliphatic rings. The molecule has 1 saturated carbocycles. The van der Waals surface area contributed by atoms with E-state index in [1.807, 2.05) is 4.90 Å². The highest BCUT2D eigenvalue weighted by Gasteiger charge is 2.38. The van der Waals surface area contributed by atoms with Gasteiger partial charge in [-0.25, -0.2) is 0 Å². The van der Waals surface area contributed by atoms with E-state index in [4.69, 9.17) is 0 Å². The maximum atomic E-state index is 12.9. The molecule has 0 aromatic rings. The zero-order chi connectivity index (χ0) is 21.8. The maximum absolute atomic E-state index is 12.9. The summed E-state index contributed by atoms with van der Waals surface area (Å²) in [5, 5.41) is 0. The molecular weight excluding hydrogens is 388 g/mol. The summed E-state index contributed by atoms with van der Waals surface area (Å²) < 4.78 is 0. The van der Waals surface area contributed by atoms with Crippen LogP contribution in [-0.2, 0) is 9.59 Å². The lowest BCUT2D eigenvalue weighted by atomic mass is 9.71. The maximum Gasteiger partial charge on any atom is 0.225 e. The number of nitrogens with zero attached hydrogens (tertiary/aromatic N) is 4. The Morgan fingerprint density at radius 1 is 0.710 bits per heavy atom. The molecule has 4 rings (SSSR count). The van der Waals surface area contributed by atoms with Gasteiger partial charge in [0.15, 0.2) is 0 Å². The fourth-order valence-electron chi connectivity index (χ4n) is 6.29. The minimum Gasteiger partial charge on any atom is -0.343 e. The summed E-state index contributed by atoms with van der Waals surface area (Å²) in [4.78, 5) is 33.8. The van der Waals surface area contributed by atoms with Crippen molar-refractivity contribution in [2.45, 2.75) is 65.2 Å². The molecule has 1 aliphatic carbocycles. The molecule has 2 amide bonds. The summed E-state index contributed by atoms with van der Waals surface area (Å²) in [5.74, 6) is 1.77. The molecule has 0 unspecified atom stereocenters. The fraction of sp³-hybridized carbons (Fsp3) is 0.920. The molecule has 31 heavy (non-hydrogen) atoms. The zero-order valence-corrected chi connectivity index (χ0v) is 20.0. The first-order chi connectivity index (χ1) is 14.9. The summed E-state index contributed by atoms with van der Waals surface area (Å²) in [6.45, 7) is 14.5. The number of piperidine rings is 2. The molecule has 0 bridgehead atoms. The number of amides is 2. The van der Waals surface area contributed by atoms with Crippen molar-refractivity contribution in [2.75, 3.05) is 65.4 Å². The summed E-state index contributed by atoms with van der Waals surface area (Å²) >= 11 is 0. The van der Waals surface area contributed by atoms with E-state index in [1.165, 1.54) is 51.6 Å². The van der Waals surface area contributed by atoms with Crippen LogP contribution in [0.4, 0.5) is 0 Å². The van der Waals surface area contributed by atoms with Gasteiger partial charge >= 0.3 is 0 Å². The van der Waals surface area contributed by atoms with Crippen molar-refractivity contribution >= 4 is 11.8 Å². The van der Waals surface area contributed by atoms with Gasteiger partial charge in [-0.3, -0.25) is 14.5 Å². The van der Waals surface area contributed by atoms with E-state index in [2.05, 4.69) is 21.6 Å². The number of carbonyl (C=O) groups is 2. The van der Waals surface area contributed by atoms with E-state index >= 15 is 0 Å². The number of likely N-dealkylation sites (tertiary alicyclic amines) is 2. The van der Waals surface area contributed by atoms with Crippen molar-refractivity contribution < 1.29 is 9.59 Å². The lowest BCUT2D eigenvalue weighted by Crippen LogP contribution is -2.52. The smallest absolute Gasteiger partial charge is 0.225 e. The van der Waals surface area contributed by atoms with E-state index in [9.17, 15) is 9.59 Å². The Bertz CT molecular complexity index is 605. The van der Waals surface area contributed by atoms with Crippen LogP contribution < -0.4 is 0 Å². The first-order valence-electron chi connectivity index (χ1n) is 12.9. The first-order valence-corrected chi connectivity index (χ1v) is 12.9. The number of rotatable bonds is 4. The topological polar surface area (TPSA) is 47.1 Å². The third-order valence-electron chi connectivity index (χ3n) is 8.97. The van der Waals surface area contributed by atoms with Crippen LogP contribution in [0.3, 0.4) is 0 Å². The van der Waals surface area contributed by atoms with Gasteiger partial charge in [0, 0.05) is 65.2 Å². The summed E-state index contributed by atoms with van der Waals surface area (Å²) in [6, 6.07) is 0. The van der Waals surface area contributed by atoms with Crippen molar-refractivity contribution in [1.82, 2.24) is 19.6 Å². The Morgan fingerprint density at radius 3 is 1.77 bits per heavy atom. The standard InChI is InChI=1S/C25H44N4O2/c1-21-3-5-23(6-4-21)24(31)29-19-17-27(18-20-29)16-15-26-11-7-25(8-12-26)9-13-28(14-10-25)22(2)30/h21,23H,3-20H2,1-2H3/t21-,23-. The van der Waals surface area contributed by atoms with Crippen molar-refractivity contribution in [1.29, 1.82) is 0 Å². The Morgan fingerprint density at radius 2 is 1.23 bits per heavy atom. The van der Waals surface area contributed by atoms with Crippen LogP contribution in [0.15, 0.2) is 0 Å². The van der Waals surface area contributed by atoms with Crippen LogP contribution in [0.5, 0.6) is 0 Å². The summed E-state index contributed by atoms with van der Waals surface area (Å²) in [6.07, 6.45) is 9.62. The molecule has 0 aromatic heterocycles. The average molecular weight is 433 g/mol. The molecular formula is C25H44N4O2. The Balaban J connectivity index is 1.12. The van der Waals surface area contributed by atoms with Crippen LogP contribution >= 0.6 is 0 Å². The highest BCUT2D eigenvalue weighted by atomic mass is 16.2. The van der Waals surface area contributed by atoms with Gasteiger partial charge in [-0.2, -0.15) is 0 Å². The van der Waals surface area contributed by atoms with Gasteiger partial charge in [0.2, 0.25) is 11.8 Å². The Hall–Kier alpha value is -1.14. The summed E-state index contributed by atoms with van der Waals surface area (Å²) in [5.41, 5.74) is 0.491. The number of carbonyl (C=O) groups excluding carboxylic acids is 2. The second-order valence-electron chi connectivity index (χ2n) is 11.0. The Kier molecular flexibility index (Phi) is 7.58. The van der Waals surface area contributed by atoms with Gasteiger partial charge in [-0.05, 0) is 75.8 Å². The second-order valence-corrected chi connectivity index (χ2v) is 11.0.